The van der Waals surface area contributed by atoms with Crippen LogP contribution in [0.4, 0.5) is 0 Å². The van der Waals surface area contributed by atoms with Crippen molar-refractivity contribution in [3.05, 3.63) is 52.3 Å². The molecule has 1 aromatic carbocycles. The Bertz CT molecular complexity index is 813. The third-order valence-electron chi connectivity index (χ3n) is 4.31. The van der Waals surface area contributed by atoms with Crippen molar-refractivity contribution in [1.29, 1.82) is 0 Å². The van der Waals surface area contributed by atoms with Gasteiger partial charge < -0.3 is 15.7 Å². The number of amides is 2. The predicted molar refractivity (Wildman–Crippen MR) is 92.5 cm³/mol. The summed E-state index contributed by atoms with van der Waals surface area (Å²) in [6, 6.07) is 7.71. The monoisotopic (exact) mass is 342 g/mol. The molecule has 0 radical (unpaired) electrons. The molecule has 3 N–H and O–H groups in total. The number of hydrogen-bond acceptors (Lipinski definition) is 4. The van der Waals surface area contributed by atoms with Crippen molar-refractivity contribution < 1.29 is 14.7 Å². The summed E-state index contributed by atoms with van der Waals surface area (Å²) in [7, 11) is 0. The Morgan fingerprint density at radius 2 is 2.20 bits per heavy atom. The fourth-order valence-corrected chi connectivity index (χ4v) is 2.89. The van der Waals surface area contributed by atoms with E-state index < -0.39 is 6.10 Å². The predicted octanol–water partition coefficient (Wildman–Crippen LogP) is 0.577. The number of hydrogen-bond donors (Lipinski definition) is 3. The lowest BCUT2D eigenvalue weighted by Gasteiger charge is -2.08. The first kappa shape index (κ1) is 17.2. The molecule has 0 bridgehead atoms. The van der Waals surface area contributed by atoms with Gasteiger partial charge in [0.25, 0.3) is 11.8 Å². The summed E-state index contributed by atoms with van der Waals surface area (Å²) < 4.78 is 1.38. The van der Waals surface area contributed by atoms with Gasteiger partial charge in [0.1, 0.15) is 5.69 Å². The van der Waals surface area contributed by atoms with E-state index in [1.54, 1.807) is 0 Å². The second kappa shape index (κ2) is 7.06. The largest absolute Gasteiger partial charge is 0.389 e. The molecule has 7 nitrogen and oxygen atoms in total. The van der Waals surface area contributed by atoms with E-state index in [2.05, 4.69) is 33.9 Å². The van der Waals surface area contributed by atoms with E-state index >= 15 is 0 Å². The molecule has 0 saturated carbocycles. The Balaban J connectivity index is 1.64. The van der Waals surface area contributed by atoms with E-state index in [1.165, 1.54) is 27.4 Å². The number of aromatic nitrogens is 2. The zero-order chi connectivity index (χ0) is 18.0. The number of benzene rings is 1. The number of β-amino-alcohol motifs (C(OH)–C–C–N with tert-alkyl or cyclic N) is 1. The first-order valence-electron chi connectivity index (χ1n) is 8.32. The summed E-state index contributed by atoms with van der Waals surface area (Å²) in [4.78, 5) is 24.2. The minimum absolute atomic E-state index is 0.180. The molecule has 132 valence electrons. The quantitative estimate of drug-likeness (QED) is 0.757. The number of carbonyl (C=O) groups excluding carboxylic acids is 2. The normalized spacial score (nSPS) is 16.8. The summed E-state index contributed by atoms with van der Waals surface area (Å²) in [5.74, 6) is -0.661. The molecule has 25 heavy (non-hydrogen) atoms. The number of aliphatic hydroxyl groups excluding tert-OH is 1. The van der Waals surface area contributed by atoms with Crippen LogP contribution in [0.5, 0.6) is 0 Å². The number of aliphatic hydroxyl groups is 1. The SMILES string of the molecule is Cc1ccc(C)c(CCNC(=O)c2cc3n(n2)CC(O)CNC3=O)c1. The number of rotatable bonds is 4. The highest BCUT2D eigenvalue weighted by atomic mass is 16.3. The molecule has 0 spiro atoms. The van der Waals surface area contributed by atoms with E-state index in [1.807, 2.05) is 13.8 Å². The van der Waals surface area contributed by atoms with Crippen LogP contribution < -0.4 is 10.6 Å². The molecule has 1 unspecified atom stereocenters. The summed E-state index contributed by atoms with van der Waals surface area (Å²) in [5, 5.41) is 19.3. The molecule has 1 aromatic heterocycles. The van der Waals surface area contributed by atoms with Gasteiger partial charge in [-0.2, -0.15) is 5.10 Å². The number of nitrogens with zero attached hydrogens (tertiary/aromatic N) is 2. The smallest absolute Gasteiger partial charge is 0.271 e. The maximum absolute atomic E-state index is 12.3. The highest BCUT2D eigenvalue weighted by Crippen LogP contribution is 2.12. The Kier molecular flexibility index (Phi) is 4.85. The summed E-state index contributed by atoms with van der Waals surface area (Å²) in [6.45, 7) is 4.94. The molecule has 1 atom stereocenters. The highest BCUT2D eigenvalue weighted by Gasteiger charge is 2.24. The van der Waals surface area contributed by atoms with Crippen molar-refractivity contribution in [2.24, 2.45) is 0 Å². The standard InChI is InChI=1S/C18H22N4O3/c1-11-3-4-12(2)13(7-11)5-6-19-17(24)15-8-16-18(25)20-9-14(23)10-22(16)21-15/h3-4,7-8,14,23H,5-6,9-10H2,1-2H3,(H,19,24)(H,20,25). The van der Waals surface area contributed by atoms with Gasteiger partial charge in [-0.3, -0.25) is 14.3 Å². The van der Waals surface area contributed by atoms with Crippen LogP contribution in [0.25, 0.3) is 0 Å². The fraction of sp³-hybridized carbons (Fsp3) is 0.389. The van der Waals surface area contributed by atoms with Crippen molar-refractivity contribution in [3.8, 4) is 0 Å². The molecule has 2 amide bonds. The Morgan fingerprint density at radius 1 is 1.40 bits per heavy atom. The Labute approximate surface area is 146 Å². The first-order chi connectivity index (χ1) is 11.9. The highest BCUT2D eigenvalue weighted by molar-refractivity contribution is 5.98. The topological polar surface area (TPSA) is 96.2 Å². The van der Waals surface area contributed by atoms with Gasteiger partial charge in [-0.1, -0.05) is 23.8 Å². The Morgan fingerprint density at radius 3 is 3.00 bits per heavy atom. The fourth-order valence-electron chi connectivity index (χ4n) is 2.89. The first-order valence-corrected chi connectivity index (χ1v) is 8.32. The lowest BCUT2D eigenvalue weighted by molar-refractivity contribution is 0.0931. The zero-order valence-corrected chi connectivity index (χ0v) is 14.4. The molecular formula is C18H22N4O3. The molecule has 7 heteroatoms. The Hall–Kier alpha value is -2.67. The van der Waals surface area contributed by atoms with Crippen LogP contribution >= 0.6 is 0 Å². The van der Waals surface area contributed by atoms with E-state index in [4.69, 9.17) is 0 Å². The second-order valence-electron chi connectivity index (χ2n) is 6.40. The summed E-state index contributed by atoms with van der Waals surface area (Å²) in [5.41, 5.74) is 4.05. The van der Waals surface area contributed by atoms with Gasteiger partial charge in [0, 0.05) is 19.2 Å². The van der Waals surface area contributed by atoms with Crippen LogP contribution in [0.1, 0.15) is 37.7 Å². The van der Waals surface area contributed by atoms with Crippen molar-refractivity contribution >= 4 is 11.8 Å². The molecule has 3 rings (SSSR count). The third-order valence-corrected chi connectivity index (χ3v) is 4.31. The lowest BCUT2D eigenvalue weighted by atomic mass is 10.0. The van der Waals surface area contributed by atoms with Crippen LogP contribution in [0.3, 0.4) is 0 Å². The molecule has 0 saturated heterocycles. The van der Waals surface area contributed by atoms with Gasteiger partial charge in [0.2, 0.25) is 0 Å². The zero-order valence-electron chi connectivity index (χ0n) is 14.4. The molecular weight excluding hydrogens is 320 g/mol. The van der Waals surface area contributed by atoms with Gasteiger partial charge in [0.15, 0.2) is 5.69 Å². The third kappa shape index (κ3) is 3.88. The molecule has 1 aliphatic heterocycles. The van der Waals surface area contributed by atoms with Crippen LogP contribution in [0.2, 0.25) is 0 Å². The van der Waals surface area contributed by atoms with E-state index in [0.717, 1.165) is 6.42 Å². The second-order valence-corrected chi connectivity index (χ2v) is 6.40. The van der Waals surface area contributed by atoms with Crippen LogP contribution in [0, 0.1) is 13.8 Å². The van der Waals surface area contributed by atoms with Gasteiger partial charge in [-0.15, -0.1) is 0 Å². The van der Waals surface area contributed by atoms with Crippen LogP contribution in [0.15, 0.2) is 24.3 Å². The van der Waals surface area contributed by atoms with Crippen LogP contribution in [-0.4, -0.2) is 45.9 Å². The number of carbonyl (C=O) groups is 2. The van der Waals surface area contributed by atoms with Crippen molar-refractivity contribution in [3.63, 3.8) is 0 Å². The van der Waals surface area contributed by atoms with E-state index in [-0.39, 0.29) is 36.3 Å². The lowest BCUT2D eigenvalue weighted by Crippen LogP contribution is -2.30. The molecule has 0 aliphatic carbocycles. The number of nitrogens with one attached hydrogen (secondary N) is 2. The maximum atomic E-state index is 12.3. The molecule has 0 fully saturated rings. The summed E-state index contributed by atoms with van der Waals surface area (Å²) in [6.07, 6.45) is 0.0109. The average Bonchev–Trinajstić information content (AvgIpc) is 2.94. The number of aryl methyl sites for hydroxylation is 2. The van der Waals surface area contributed by atoms with Gasteiger partial charge >= 0.3 is 0 Å². The van der Waals surface area contributed by atoms with E-state index in [9.17, 15) is 14.7 Å². The molecule has 2 aromatic rings. The van der Waals surface area contributed by atoms with Crippen molar-refractivity contribution in [2.45, 2.75) is 32.9 Å². The maximum Gasteiger partial charge on any atom is 0.271 e. The van der Waals surface area contributed by atoms with Crippen molar-refractivity contribution in [1.82, 2.24) is 20.4 Å². The van der Waals surface area contributed by atoms with Crippen molar-refractivity contribution in [2.75, 3.05) is 13.1 Å². The minimum Gasteiger partial charge on any atom is -0.389 e. The minimum atomic E-state index is -0.717. The van der Waals surface area contributed by atoms with Crippen LogP contribution in [-0.2, 0) is 13.0 Å². The van der Waals surface area contributed by atoms with Gasteiger partial charge in [0.05, 0.1) is 12.6 Å². The van der Waals surface area contributed by atoms with Gasteiger partial charge in [-0.05, 0) is 31.4 Å². The average molecular weight is 342 g/mol. The number of fused-ring (bicyclic) bond motifs is 1. The van der Waals surface area contributed by atoms with E-state index in [0.29, 0.717) is 6.54 Å². The molecule has 1 aliphatic rings. The summed E-state index contributed by atoms with van der Waals surface area (Å²) >= 11 is 0. The molecule has 2 heterocycles. The van der Waals surface area contributed by atoms with Gasteiger partial charge in [-0.25, -0.2) is 0 Å².